The van der Waals surface area contributed by atoms with E-state index >= 15 is 0 Å². The molecule has 0 spiro atoms. The predicted molar refractivity (Wildman–Crippen MR) is 70.1 cm³/mol. The van der Waals surface area contributed by atoms with Crippen LogP contribution in [0.15, 0.2) is 24.3 Å². The maximum Gasteiger partial charge on any atom is 0.123 e. The SMILES string of the molecule is COc1ccccc1CN1CCCC(N)CC1. The van der Waals surface area contributed by atoms with Gasteiger partial charge in [0.25, 0.3) is 0 Å². The van der Waals surface area contributed by atoms with E-state index in [0.717, 1.165) is 38.2 Å². The Morgan fingerprint density at radius 2 is 2.12 bits per heavy atom. The summed E-state index contributed by atoms with van der Waals surface area (Å²) in [6, 6.07) is 8.64. The minimum absolute atomic E-state index is 0.387. The maximum absolute atomic E-state index is 6.00. The fourth-order valence-corrected chi connectivity index (χ4v) is 2.41. The molecule has 2 rings (SSSR count). The molecule has 1 aromatic carbocycles. The first-order valence-corrected chi connectivity index (χ1v) is 6.39. The molecule has 3 heteroatoms. The van der Waals surface area contributed by atoms with E-state index in [0.29, 0.717) is 6.04 Å². The van der Waals surface area contributed by atoms with Crippen molar-refractivity contribution in [3.63, 3.8) is 0 Å². The summed E-state index contributed by atoms with van der Waals surface area (Å²) in [6.07, 6.45) is 3.47. The van der Waals surface area contributed by atoms with E-state index in [9.17, 15) is 0 Å². The second-order valence-electron chi connectivity index (χ2n) is 4.78. The van der Waals surface area contributed by atoms with Crippen molar-refractivity contribution in [2.24, 2.45) is 5.73 Å². The molecule has 0 saturated carbocycles. The average Bonchev–Trinajstić information content (AvgIpc) is 2.55. The van der Waals surface area contributed by atoms with Crippen molar-refractivity contribution in [2.75, 3.05) is 20.2 Å². The van der Waals surface area contributed by atoms with Gasteiger partial charge in [-0.2, -0.15) is 0 Å². The lowest BCUT2D eigenvalue weighted by Gasteiger charge is -2.21. The lowest BCUT2D eigenvalue weighted by Crippen LogP contribution is -2.26. The molecule has 1 saturated heterocycles. The predicted octanol–water partition coefficient (Wildman–Crippen LogP) is 2.01. The minimum atomic E-state index is 0.387. The van der Waals surface area contributed by atoms with Crippen LogP contribution in [0, 0.1) is 0 Å². The lowest BCUT2D eigenvalue weighted by molar-refractivity contribution is 0.270. The normalized spacial score (nSPS) is 22.1. The number of likely N-dealkylation sites (tertiary alicyclic amines) is 1. The van der Waals surface area contributed by atoms with Crippen molar-refractivity contribution < 1.29 is 4.74 Å². The standard InChI is InChI=1S/C14H22N2O/c1-17-14-7-3-2-5-12(14)11-16-9-4-6-13(15)8-10-16/h2-3,5,7,13H,4,6,8-11,15H2,1H3. The second kappa shape index (κ2) is 6.03. The molecule has 1 unspecified atom stereocenters. The summed E-state index contributed by atoms with van der Waals surface area (Å²) in [5, 5.41) is 0. The number of benzene rings is 1. The van der Waals surface area contributed by atoms with Gasteiger partial charge in [-0.05, 0) is 38.4 Å². The Kier molecular flexibility index (Phi) is 4.40. The van der Waals surface area contributed by atoms with E-state index in [1.54, 1.807) is 7.11 Å². The smallest absolute Gasteiger partial charge is 0.123 e. The van der Waals surface area contributed by atoms with Crippen molar-refractivity contribution in [2.45, 2.75) is 31.8 Å². The molecular weight excluding hydrogens is 212 g/mol. The Balaban J connectivity index is 1.99. The Labute approximate surface area is 104 Å². The zero-order valence-electron chi connectivity index (χ0n) is 10.6. The van der Waals surface area contributed by atoms with Gasteiger partial charge in [0.05, 0.1) is 7.11 Å². The molecule has 0 bridgehead atoms. The Morgan fingerprint density at radius 3 is 2.94 bits per heavy atom. The first-order chi connectivity index (χ1) is 8.29. The quantitative estimate of drug-likeness (QED) is 0.869. The van der Waals surface area contributed by atoms with Crippen LogP contribution < -0.4 is 10.5 Å². The third-order valence-electron chi connectivity index (χ3n) is 3.45. The van der Waals surface area contributed by atoms with Crippen molar-refractivity contribution >= 4 is 0 Å². The molecule has 1 aliphatic rings. The topological polar surface area (TPSA) is 38.5 Å². The van der Waals surface area contributed by atoms with Crippen molar-refractivity contribution in [1.29, 1.82) is 0 Å². The number of ether oxygens (including phenoxy) is 1. The van der Waals surface area contributed by atoms with Gasteiger partial charge in [0.15, 0.2) is 0 Å². The average molecular weight is 234 g/mol. The van der Waals surface area contributed by atoms with Crippen LogP contribution in [0.25, 0.3) is 0 Å². The number of hydrogen-bond acceptors (Lipinski definition) is 3. The first kappa shape index (κ1) is 12.4. The second-order valence-corrected chi connectivity index (χ2v) is 4.78. The molecule has 1 aliphatic heterocycles. The van der Waals surface area contributed by atoms with Gasteiger partial charge in [-0.3, -0.25) is 4.90 Å². The Hall–Kier alpha value is -1.06. The van der Waals surface area contributed by atoms with E-state index in [-0.39, 0.29) is 0 Å². The van der Waals surface area contributed by atoms with Crippen LogP contribution in [-0.4, -0.2) is 31.1 Å². The zero-order valence-corrected chi connectivity index (χ0v) is 10.6. The number of nitrogens with two attached hydrogens (primary N) is 1. The van der Waals surface area contributed by atoms with E-state index in [1.165, 1.54) is 12.0 Å². The largest absolute Gasteiger partial charge is 0.496 e. The van der Waals surface area contributed by atoms with E-state index in [4.69, 9.17) is 10.5 Å². The van der Waals surface area contributed by atoms with Crippen molar-refractivity contribution in [3.05, 3.63) is 29.8 Å². The minimum Gasteiger partial charge on any atom is -0.496 e. The van der Waals surface area contributed by atoms with Gasteiger partial charge >= 0.3 is 0 Å². The van der Waals surface area contributed by atoms with Gasteiger partial charge in [-0.1, -0.05) is 18.2 Å². The summed E-state index contributed by atoms with van der Waals surface area (Å²) in [4.78, 5) is 2.48. The van der Waals surface area contributed by atoms with Gasteiger partial charge in [-0.25, -0.2) is 0 Å². The van der Waals surface area contributed by atoms with E-state index in [2.05, 4.69) is 17.0 Å². The molecule has 1 atom stereocenters. The van der Waals surface area contributed by atoms with E-state index in [1.807, 2.05) is 12.1 Å². The number of nitrogens with zero attached hydrogens (tertiary/aromatic N) is 1. The number of hydrogen-bond donors (Lipinski definition) is 1. The molecule has 0 aromatic heterocycles. The molecule has 0 radical (unpaired) electrons. The monoisotopic (exact) mass is 234 g/mol. The highest BCUT2D eigenvalue weighted by Gasteiger charge is 2.15. The molecule has 2 N–H and O–H groups in total. The Morgan fingerprint density at radius 1 is 1.29 bits per heavy atom. The molecule has 3 nitrogen and oxygen atoms in total. The molecule has 1 heterocycles. The number of methoxy groups -OCH3 is 1. The summed E-state index contributed by atoms with van der Waals surface area (Å²) in [6.45, 7) is 3.21. The fourth-order valence-electron chi connectivity index (χ4n) is 2.41. The summed E-state index contributed by atoms with van der Waals surface area (Å²) in [5.74, 6) is 0.987. The fraction of sp³-hybridized carbons (Fsp3) is 0.571. The molecule has 0 aliphatic carbocycles. The van der Waals surface area contributed by atoms with Crippen molar-refractivity contribution in [3.8, 4) is 5.75 Å². The highest BCUT2D eigenvalue weighted by Crippen LogP contribution is 2.20. The molecular formula is C14H22N2O. The summed E-state index contributed by atoms with van der Waals surface area (Å²) >= 11 is 0. The van der Waals surface area contributed by atoms with Gasteiger partial charge < -0.3 is 10.5 Å². The van der Waals surface area contributed by atoms with E-state index < -0.39 is 0 Å². The van der Waals surface area contributed by atoms with Crippen LogP contribution in [0.1, 0.15) is 24.8 Å². The third kappa shape index (κ3) is 3.45. The van der Waals surface area contributed by atoms with Crippen LogP contribution >= 0.6 is 0 Å². The van der Waals surface area contributed by atoms with Crippen molar-refractivity contribution in [1.82, 2.24) is 4.90 Å². The number of para-hydroxylation sites is 1. The summed E-state index contributed by atoms with van der Waals surface area (Å²) in [5.41, 5.74) is 7.26. The summed E-state index contributed by atoms with van der Waals surface area (Å²) < 4.78 is 5.39. The van der Waals surface area contributed by atoms with Gasteiger partial charge in [-0.15, -0.1) is 0 Å². The lowest BCUT2D eigenvalue weighted by atomic mass is 10.1. The molecule has 1 fully saturated rings. The molecule has 1 aromatic rings. The Bertz CT molecular complexity index is 354. The van der Waals surface area contributed by atoms with Crippen LogP contribution in [0.5, 0.6) is 5.75 Å². The van der Waals surface area contributed by atoms with Crippen LogP contribution in [0.2, 0.25) is 0 Å². The van der Waals surface area contributed by atoms with Gasteiger partial charge in [0.1, 0.15) is 5.75 Å². The highest BCUT2D eigenvalue weighted by molar-refractivity contribution is 5.33. The van der Waals surface area contributed by atoms with Crippen LogP contribution in [-0.2, 0) is 6.54 Å². The molecule has 94 valence electrons. The summed E-state index contributed by atoms with van der Waals surface area (Å²) in [7, 11) is 1.73. The number of rotatable bonds is 3. The maximum atomic E-state index is 6.00. The van der Waals surface area contributed by atoms with Crippen LogP contribution in [0.3, 0.4) is 0 Å². The van der Waals surface area contributed by atoms with Gasteiger partial charge in [0.2, 0.25) is 0 Å². The highest BCUT2D eigenvalue weighted by atomic mass is 16.5. The molecule has 17 heavy (non-hydrogen) atoms. The van der Waals surface area contributed by atoms with Gasteiger partial charge in [0, 0.05) is 18.2 Å². The zero-order chi connectivity index (χ0) is 12.1. The third-order valence-corrected chi connectivity index (χ3v) is 3.45. The first-order valence-electron chi connectivity index (χ1n) is 6.39. The molecule has 0 amide bonds. The van der Waals surface area contributed by atoms with Crippen LogP contribution in [0.4, 0.5) is 0 Å².